The Bertz CT molecular complexity index is 538. The monoisotopic (exact) mass is 436 g/mol. The van der Waals surface area contributed by atoms with Crippen molar-refractivity contribution in [1.29, 1.82) is 0 Å². The smallest absolute Gasteiger partial charge is 0.478 e. The first-order chi connectivity index (χ1) is 13.2. The van der Waals surface area contributed by atoms with Crippen LogP contribution in [0.25, 0.3) is 0 Å². The minimum atomic E-state index is -3.05. The van der Waals surface area contributed by atoms with Crippen molar-refractivity contribution in [3.63, 3.8) is 0 Å². The van der Waals surface area contributed by atoms with Crippen LogP contribution in [0.3, 0.4) is 0 Å². The Hall–Kier alpha value is -1.65. The van der Waals surface area contributed by atoms with Gasteiger partial charge in [-0.15, -0.1) is 0 Å². The molecule has 0 saturated heterocycles. The van der Waals surface area contributed by atoms with Gasteiger partial charge in [-0.2, -0.15) is 0 Å². The number of hydrogen-bond donors (Lipinski definition) is 2. The number of rotatable bonds is 14. The summed E-state index contributed by atoms with van der Waals surface area (Å²) in [5, 5.41) is 18.9. The zero-order chi connectivity index (χ0) is 21.8. The molecule has 0 aromatic carbocycles. The molecule has 0 fully saturated rings. The first-order valence-corrected chi connectivity index (χ1v) is 11.7. The summed E-state index contributed by atoms with van der Waals surface area (Å²) in [6, 6.07) is 0. The fourth-order valence-electron chi connectivity index (χ4n) is 2.23. The fraction of sp³-hybridized carbons (Fsp3) is 0.500. The predicted molar refractivity (Wildman–Crippen MR) is 103 cm³/mol. The van der Waals surface area contributed by atoms with E-state index in [4.69, 9.17) is 26.6 Å². The maximum Gasteiger partial charge on any atom is 0.528 e. The minimum absolute atomic E-state index is 0.156. The lowest BCUT2D eigenvalue weighted by Crippen LogP contribution is -2.41. The SMILES string of the molecule is CO[Si](C=CCC(C(=O)O)=C(CC=C[Si](OC)(OC)OC)C(=O)O)(OC)OC. The summed E-state index contributed by atoms with van der Waals surface area (Å²) >= 11 is 0. The van der Waals surface area contributed by atoms with Crippen LogP contribution < -0.4 is 0 Å². The second-order valence-electron chi connectivity index (χ2n) is 5.21. The third-order valence-corrected chi connectivity index (χ3v) is 8.58. The van der Waals surface area contributed by atoms with Crippen molar-refractivity contribution in [3.05, 3.63) is 34.7 Å². The zero-order valence-electron chi connectivity index (χ0n) is 16.9. The molecule has 2 N–H and O–H groups in total. The largest absolute Gasteiger partial charge is 0.528 e. The van der Waals surface area contributed by atoms with Crippen molar-refractivity contribution in [2.45, 2.75) is 12.8 Å². The van der Waals surface area contributed by atoms with Crippen LogP contribution >= 0.6 is 0 Å². The summed E-state index contributed by atoms with van der Waals surface area (Å²) in [6.45, 7) is 0. The lowest BCUT2D eigenvalue weighted by molar-refractivity contribution is -0.136. The van der Waals surface area contributed by atoms with Crippen LogP contribution in [0.1, 0.15) is 12.8 Å². The highest BCUT2D eigenvalue weighted by Gasteiger charge is 2.35. The van der Waals surface area contributed by atoms with Crippen molar-refractivity contribution in [3.8, 4) is 0 Å². The Morgan fingerprint density at radius 2 is 0.893 bits per heavy atom. The second-order valence-corrected chi connectivity index (χ2v) is 10.7. The molecule has 0 unspecified atom stereocenters. The number of carboxylic acids is 2. The molecule has 0 amide bonds. The first kappa shape index (κ1) is 26.4. The van der Waals surface area contributed by atoms with E-state index in [1.807, 2.05) is 0 Å². The molecule has 0 atom stereocenters. The van der Waals surface area contributed by atoms with Crippen LogP contribution in [-0.2, 0) is 36.1 Å². The van der Waals surface area contributed by atoms with Gasteiger partial charge in [0, 0.05) is 42.7 Å². The van der Waals surface area contributed by atoms with Crippen molar-refractivity contribution >= 4 is 29.5 Å². The molecule has 0 aromatic heterocycles. The standard InChI is InChI=1S/C16H28O10Si2/c1-21-27(22-2,23-3)11-7-9-13(15(17)18)14(16(19)20)10-8-12-28(24-4,25-5)26-6/h7-8,11-12H,9-10H2,1-6H3,(H,17,18)(H,19,20). The summed E-state index contributed by atoms with van der Waals surface area (Å²) in [6.07, 6.45) is 2.60. The molecule has 0 aromatic rings. The molecule has 0 aliphatic rings. The first-order valence-electron chi connectivity index (χ1n) is 8.05. The Morgan fingerprint density at radius 1 is 0.643 bits per heavy atom. The Balaban J connectivity index is 5.72. The van der Waals surface area contributed by atoms with E-state index in [1.165, 1.54) is 66.2 Å². The van der Waals surface area contributed by atoms with Gasteiger partial charge in [-0.05, 0) is 24.2 Å². The van der Waals surface area contributed by atoms with Crippen LogP contribution in [0.2, 0.25) is 0 Å². The highest BCUT2D eigenvalue weighted by Crippen LogP contribution is 2.18. The summed E-state index contributed by atoms with van der Waals surface area (Å²) in [7, 11) is 2.34. The maximum absolute atomic E-state index is 11.6. The van der Waals surface area contributed by atoms with Gasteiger partial charge < -0.3 is 36.8 Å². The second kappa shape index (κ2) is 12.7. The molecule has 28 heavy (non-hydrogen) atoms. The van der Waals surface area contributed by atoms with Crippen LogP contribution in [0.4, 0.5) is 0 Å². The van der Waals surface area contributed by atoms with E-state index in [1.54, 1.807) is 0 Å². The van der Waals surface area contributed by atoms with Gasteiger partial charge in [-0.25, -0.2) is 9.59 Å². The Labute approximate surface area is 166 Å². The molecule has 0 radical (unpaired) electrons. The fourth-order valence-corrected chi connectivity index (χ4v) is 4.86. The predicted octanol–water partition coefficient (Wildman–Crippen LogP) is 1.18. The van der Waals surface area contributed by atoms with Crippen molar-refractivity contribution < 1.29 is 46.4 Å². The Morgan fingerprint density at radius 3 is 1.07 bits per heavy atom. The van der Waals surface area contributed by atoms with Crippen molar-refractivity contribution in [1.82, 2.24) is 0 Å². The molecule has 0 saturated carbocycles. The number of carbonyl (C=O) groups is 2. The average Bonchev–Trinajstić information content (AvgIpc) is 2.70. The van der Waals surface area contributed by atoms with Gasteiger partial charge >= 0.3 is 29.5 Å². The van der Waals surface area contributed by atoms with Gasteiger partial charge in [-0.1, -0.05) is 12.2 Å². The van der Waals surface area contributed by atoms with E-state index >= 15 is 0 Å². The van der Waals surface area contributed by atoms with E-state index in [0.29, 0.717) is 0 Å². The molecular formula is C16H28O10Si2. The summed E-state index contributed by atoms with van der Waals surface area (Å²) in [4.78, 5) is 23.2. The summed E-state index contributed by atoms with van der Waals surface area (Å²) in [5.41, 5.74) is 2.42. The zero-order valence-corrected chi connectivity index (χ0v) is 18.9. The third kappa shape index (κ3) is 7.40. The molecule has 0 heterocycles. The molecule has 0 bridgehead atoms. The van der Waals surface area contributed by atoms with E-state index in [0.717, 1.165) is 0 Å². The van der Waals surface area contributed by atoms with E-state index in [-0.39, 0.29) is 24.0 Å². The molecule has 0 rings (SSSR count). The topological polar surface area (TPSA) is 130 Å². The van der Waals surface area contributed by atoms with Crippen LogP contribution in [0.15, 0.2) is 34.7 Å². The highest BCUT2D eigenvalue weighted by molar-refractivity contribution is 6.66. The number of aliphatic carboxylic acids is 2. The normalized spacial score (nSPS) is 13.9. The average molecular weight is 437 g/mol. The van der Waals surface area contributed by atoms with Crippen LogP contribution in [-0.4, -0.2) is 82.4 Å². The van der Waals surface area contributed by atoms with Gasteiger partial charge in [0.2, 0.25) is 0 Å². The van der Waals surface area contributed by atoms with Gasteiger partial charge in [0.05, 0.1) is 11.1 Å². The van der Waals surface area contributed by atoms with E-state index in [2.05, 4.69) is 0 Å². The van der Waals surface area contributed by atoms with Crippen molar-refractivity contribution in [2.24, 2.45) is 0 Å². The lowest BCUT2D eigenvalue weighted by atomic mass is 10.0. The summed E-state index contributed by atoms with van der Waals surface area (Å²) < 4.78 is 31.2. The molecule has 0 spiro atoms. The van der Waals surface area contributed by atoms with Gasteiger partial charge in [-0.3, -0.25) is 0 Å². The van der Waals surface area contributed by atoms with Crippen molar-refractivity contribution in [2.75, 3.05) is 42.7 Å². The van der Waals surface area contributed by atoms with Crippen LogP contribution in [0, 0.1) is 0 Å². The lowest BCUT2D eigenvalue weighted by Gasteiger charge is -2.20. The van der Waals surface area contributed by atoms with Crippen LogP contribution in [0.5, 0.6) is 0 Å². The molecule has 0 aliphatic heterocycles. The van der Waals surface area contributed by atoms with Gasteiger partial charge in [0.25, 0.3) is 0 Å². The number of allylic oxidation sites excluding steroid dienone is 2. The van der Waals surface area contributed by atoms with Gasteiger partial charge in [0.1, 0.15) is 0 Å². The molecule has 160 valence electrons. The molecule has 10 nitrogen and oxygen atoms in total. The number of hydrogen-bond acceptors (Lipinski definition) is 8. The Kier molecular flexibility index (Phi) is 12.0. The quantitative estimate of drug-likeness (QED) is 0.302. The molecule has 12 heteroatoms. The third-order valence-electron chi connectivity index (χ3n) is 3.88. The maximum atomic E-state index is 11.6. The van der Waals surface area contributed by atoms with E-state index < -0.39 is 29.5 Å². The highest BCUT2D eigenvalue weighted by atomic mass is 28.4. The summed E-state index contributed by atoms with van der Waals surface area (Å²) in [5.74, 6) is -2.69. The molecule has 0 aliphatic carbocycles. The minimum Gasteiger partial charge on any atom is -0.478 e. The van der Waals surface area contributed by atoms with Gasteiger partial charge in [0.15, 0.2) is 0 Å². The van der Waals surface area contributed by atoms with E-state index in [9.17, 15) is 19.8 Å². The number of carboxylic acid groups (broad SMARTS) is 2. The molecular weight excluding hydrogens is 408 g/mol.